The second kappa shape index (κ2) is 6.74. The SMILES string of the molecule is CCN(Cc1ccccc1)c1ccc(F)cc1C(N)=NO. The molecule has 2 aromatic rings. The monoisotopic (exact) mass is 287 g/mol. The molecule has 0 aliphatic carbocycles. The van der Waals surface area contributed by atoms with E-state index < -0.39 is 5.82 Å². The van der Waals surface area contributed by atoms with Gasteiger partial charge in [0.05, 0.1) is 0 Å². The number of benzene rings is 2. The molecular formula is C16H18FN3O. The summed E-state index contributed by atoms with van der Waals surface area (Å²) in [6, 6.07) is 14.2. The van der Waals surface area contributed by atoms with Crippen molar-refractivity contribution in [1.29, 1.82) is 0 Å². The highest BCUT2D eigenvalue weighted by molar-refractivity contribution is 6.02. The molecule has 0 unspecified atom stereocenters. The van der Waals surface area contributed by atoms with Crippen LogP contribution in [-0.2, 0) is 6.54 Å². The van der Waals surface area contributed by atoms with Crippen LogP contribution in [0.1, 0.15) is 18.1 Å². The fourth-order valence-corrected chi connectivity index (χ4v) is 2.21. The van der Waals surface area contributed by atoms with Crippen molar-refractivity contribution >= 4 is 11.5 Å². The van der Waals surface area contributed by atoms with Gasteiger partial charge in [0.25, 0.3) is 0 Å². The first-order valence-electron chi connectivity index (χ1n) is 6.72. The van der Waals surface area contributed by atoms with Crippen molar-refractivity contribution in [3.63, 3.8) is 0 Å². The van der Waals surface area contributed by atoms with Crippen LogP contribution in [0.15, 0.2) is 53.7 Å². The normalized spacial score (nSPS) is 11.4. The van der Waals surface area contributed by atoms with Gasteiger partial charge in [-0.1, -0.05) is 35.5 Å². The number of nitrogens with two attached hydrogens (primary N) is 1. The molecule has 0 spiro atoms. The molecule has 5 heteroatoms. The van der Waals surface area contributed by atoms with Crippen LogP contribution in [0.5, 0.6) is 0 Å². The average Bonchev–Trinajstić information content (AvgIpc) is 2.53. The Morgan fingerprint density at radius 1 is 1.24 bits per heavy atom. The first-order valence-corrected chi connectivity index (χ1v) is 6.72. The quantitative estimate of drug-likeness (QED) is 0.385. The Kier molecular flexibility index (Phi) is 4.77. The van der Waals surface area contributed by atoms with Gasteiger partial charge in [0.15, 0.2) is 5.84 Å². The predicted octanol–water partition coefficient (Wildman–Crippen LogP) is 2.95. The van der Waals surface area contributed by atoms with Crippen molar-refractivity contribution < 1.29 is 9.60 Å². The van der Waals surface area contributed by atoms with E-state index in [1.165, 1.54) is 12.1 Å². The zero-order chi connectivity index (χ0) is 15.2. The molecule has 0 radical (unpaired) electrons. The molecule has 4 nitrogen and oxygen atoms in total. The summed E-state index contributed by atoms with van der Waals surface area (Å²) in [5.41, 5.74) is 7.91. The molecule has 2 rings (SSSR count). The number of nitrogens with zero attached hydrogens (tertiary/aromatic N) is 2. The van der Waals surface area contributed by atoms with Crippen LogP contribution in [0.3, 0.4) is 0 Å². The predicted molar refractivity (Wildman–Crippen MR) is 82.1 cm³/mol. The standard InChI is InChI=1S/C16H18FN3O/c1-2-20(11-12-6-4-3-5-7-12)15-9-8-13(17)10-14(15)16(18)19-21/h3-10,21H,2,11H2,1H3,(H2,18,19). The molecule has 0 aliphatic rings. The van der Waals surface area contributed by atoms with E-state index in [2.05, 4.69) is 5.16 Å². The molecule has 0 fully saturated rings. The lowest BCUT2D eigenvalue weighted by molar-refractivity contribution is 0.318. The Hall–Kier alpha value is -2.56. The zero-order valence-corrected chi connectivity index (χ0v) is 11.8. The molecule has 21 heavy (non-hydrogen) atoms. The number of anilines is 1. The Morgan fingerprint density at radius 3 is 2.57 bits per heavy atom. The second-order valence-corrected chi connectivity index (χ2v) is 4.65. The molecule has 0 atom stereocenters. The van der Waals surface area contributed by atoms with Crippen LogP contribution >= 0.6 is 0 Å². The highest BCUT2D eigenvalue weighted by Crippen LogP contribution is 2.23. The lowest BCUT2D eigenvalue weighted by Crippen LogP contribution is -2.26. The van der Waals surface area contributed by atoms with Crippen molar-refractivity contribution in [3.8, 4) is 0 Å². The molecule has 3 N–H and O–H groups in total. The van der Waals surface area contributed by atoms with Crippen molar-refractivity contribution in [2.45, 2.75) is 13.5 Å². The smallest absolute Gasteiger partial charge is 0.172 e. The van der Waals surface area contributed by atoms with Gasteiger partial charge in [-0.15, -0.1) is 0 Å². The number of rotatable bonds is 5. The summed E-state index contributed by atoms with van der Waals surface area (Å²) in [6.07, 6.45) is 0. The fourth-order valence-electron chi connectivity index (χ4n) is 2.21. The highest BCUT2D eigenvalue weighted by atomic mass is 19.1. The van der Waals surface area contributed by atoms with Gasteiger partial charge in [0.1, 0.15) is 5.82 Å². The molecule has 0 heterocycles. The topological polar surface area (TPSA) is 61.8 Å². The van der Waals surface area contributed by atoms with Crippen LogP contribution in [0, 0.1) is 5.82 Å². The maximum absolute atomic E-state index is 13.4. The molecular weight excluding hydrogens is 269 g/mol. The van der Waals surface area contributed by atoms with Crippen LogP contribution < -0.4 is 10.6 Å². The highest BCUT2D eigenvalue weighted by Gasteiger charge is 2.14. The molecule has 110 valence electrons. The minimum Gasteiger partial charge on any atom is -0.409 e. The second-order valence-electron chi connectivity index (χ2n) is 4.65. The van der Waals surface area contributed by atoms with Gasteiger partial charge in [-0.2, -0.15) is 0 Å². The first-order chi connectivity index (χ1) is 10.2. The number of hydrogen-bond acceptors (Lipinski definition) is 3. The fraction of sp³-hybridized carbons (Fsp3) is 0.188. The number of amidine groups is 1. The maximum Gasteiger partial charge on any atom is 0.172 e. The molecule has 0 saturated carbocycles. The summed E-state index contributed by atoms with van der Waals surface area (Å²) in [7, 11) is 0. The third kappa shape index (κ3) is 3.51. The lowest BCUT2D eigenvalue weighted by atomic mass is 10.1. The van der Waals surface area contributed by atoms with E-state index in [9.17, 15) is 4.39 Å². The largest absolute Gasteiger partial charge is 0.409 e. The van der Waals surface area contributed by atoms with Crippen LogP contribution in [0.2, 0.25) is 0 Å². The number of hydrogen-bond donors (Lipinski definition) is 2. The third-order valence-corrected chi connectivity index (χ3v) is 3.28. The third-order valence-electron chi connectivity index (χ3n) is 3.28. The summed E-state index contributed by atoms with van der Waals surface area (Å²) >= 11 is 0. The van der Waals surface area contributed by atoms with Crippen molar-refractivity contribution in [2.24, 2.45) is 10.9 Å². The Balaban J connectivity index is 2.38. The van der Waals surface area contributed by atoms with E-state index in [-0.39, 0.29) is 5.84 Å². The van der Waals surface area contributed by atoms with E-state index >= 15 is 0 Å². The summed E-state index contributed by atoms with van der Waals surface area (Å²) in [4.78, 5) is 2.04. The van der Waals surface area contributed by atoms with Gasteiger partial charge in [0, 0.05) is 24.3 Å². The Morgan fingerprint density at radius 2 is 1.95 bits per heavy atom. The molecule has 0 aliphatic heterocycles. The minimum absolute atomic E-state index is 0.101. The van der Waals surface area contributed by atoms with E-state index in [0.717, 1.165) is 11.3 Å². The minimum atomic E-state index is -0.420. The molecule has 2 aromatic carbocycles. The summed E-state index contributed by atoms with van der Waals surface area (Å²) in [6.45, 7) is 3.38. The van der Waals surface area contributed by atoms with Crippen LogP contribution in [-0.4, -0.2) is 17.6 Å². The lowest BCUT2D eigenvalue weighted by Gasteiger charge is -2.25. The van der Waals surface area contributed by atoms with E-state index in [1.807, 2.05) is 42.2 Å². The van der Waals surface area contributed by atoms with Gasteiger partial charge >= 0.3 is 0 Å². The Bertz CT molecular complexity index is 629. The van der Waals surface area contributed by atoms with Gasteiger partial charge in [-0.3, -0.25) is 0 Å². The van der Waals surface area contributed by atoms with Crippen LogP contribution in [0.4, 0.5) is 10.1 Å². The number of halogens is 1. The molecule has 0 saturated heterocycles. The van der Waals surface area contributed by atoms with E-state index in [0.29, 0.717) is 18.7 Å². The van der Waals surface area contributed by atoms with Gasteiger partial charge < -0.3 is 15.8 Å². The molecule has 0 amide bonds. The Labute approximate surface area is 123 Å². The van der Waals surface area contributed by atoms with Gasteiger partial charge in [-0.25, -0.2) is 4.39 Å². The summed E-state index contributed by atoms with van der Waals surface area (Å²) in [5, 5.41) is 11.9. The number of oxime groups is 1. The zero-order valence-electron chi connectivity index (χ0n) is 11.8. The van der Waals surface area contributed by atoms with E-state index in [1.54, 1.807) is 6.07 Å². The van der Waals surface area contributed by atoms with Gasteiger partial charge in [0.2, 0.25) is 0 Å². The summed E-state index contributed by atoms with van der Waals surface area (Å²) in [5.74, 6) is -0.521. The van der Waals surface area contributed by atoms with E-state index in [4.69, 9.17) is 10.9 Å². The molecule has 0 aromatic heterocycles. The van der Waals surface area contributed by atoms with Gasteiger partial charge in [-0.05, 0) is 30.7 Å². The summed E-state index contributed by atoms with van der Waals surface area (Å²) < 4.78 is 13.4. The van der Waals surface area contributed by atoms with Crippen molar-refractivity contribution in [1.82, 2.24) is 0 Å². The first kappa shape index (κ1) is 14.8. The van der Waals surface area contributed by atoms with Crippen molar-refractivity contribution in [3.05, 3.63) is 65.5 Å². The van der Waals surface area contributed by atoms with Crippen molar-refractivity contribution in [2.75, 3.05) is 11.4 Å². The van der Waals surface area contributed by atoms with Crippen LogP contribution in [0.25, 0.3) is 0 Å². The maximum atomic E-state index is 13.4. The molecule has 0 bridgehead atoms. The average molecular weight is 287 g/mol.